The molecule has 6 atom stereocenters. The zero-order valence-electron chi connectivity index (χ0n) is 27.1. The summed E-state index contributed by atoms with van der Waals surface area (Å²) in [5.74, 6) is -4.79. The minimum absolute atomic E-state index is 0. The monoisotopic (exact) mass is 648 g/mol. The van der Waals surface area contributed by atoms with Gasteiger partial charge in [0, 0.05) is 17.7 Å². The Bertz CT molecular complexity index is 2020. The van der Waals surface area contributed by atoms with Crippen molar-refractivity contribution in [3.63, 3.8) is 0 Å². The van der Waals surface area contributed by atoms with Crippen LogP contribution in [-0.4, -0.2) is 75.0 Å². The first-order valence-electron chi connectivity index (χ1n) is 15.4. The van der Waals surface area contributed by atoms with Crippen molar-refractivity contribution < 1.29 is 34.4 Å². The maximum Gasteiger partial charge on any atom is 2.00 e. The zero-order chi connectivity index (χ0) is 33.2. The Morgan fingerprint density at radius 3 is 2.51 bits per heavy atom. The summed E-state index contributed by atoms with van der Waals surface area (Å²) >= 11 is 0. The van der Waals surface area contributed by atoms with Gasteiger partial charge in [-0.2, -0.15) is 5.70 Å². The Hall–Kier alpha value is -4.00. The van der Waals surface area contributed by atoms with Crippen LogP contribution in [0.15, 0.2) is 35.7 Å². The number of hydrogen-bond acceptors (Lipinski definition) is 6. The molecular formula is C35H36MgN4O7-2. The van der Waals surface area contributed by atoms with Crippen LogP contribution in [0.1, 0.15) is 60.8 Å². The number of aliphatic carboxylic acids is 1. The number of carboxylic acid groups (broad SMARTS) is 1. The molecule has 242 valence electrons. The fourth-order valence-electron chi connectivity index (χ4n) is 7.47. The molecule has 8 bridgehead atoms. The minimum atomic E-state index is -1.74. The number of aromatic nitrogens is 2. The molecule has 5 heterocycles. The average Bonchev–Trinajstić information content (AvgIpc) is 3.75. The van der Waals surface area contributed by atoms with Gasteiger partial charge in [0.05, 0.1) is 13.4 Å². The van der Waals surface area contributed by atoms with E-state index in [0.29, 0.717) is 67.0 Å². The van der Waals surface area contributed by atoms with Crippen LogP contribution >= 0.6 is 0 Å². The van der Waals surface area contributed by atoms with Crippen LogP contribution in [0.2, 0.25) is 0 Å². The Morgan fingerprint density at radius 1 is 1.17 bits per heavy atom. The Kier molecular flexibility index (Phi) is 9.17. The number of allylic oxidation sites excluding steroid dienone is 3. The van der Waals surface area contributed by atoms with Crippen LogP contribution in [0, 0.1) is 30.6 Å². The number of carbonyl (C=O) groups excluding carboxylic acids is 2. The number of fused-ring (bicyclic) bond motifs is 8. The largest absolute Gasteiger partial charge is 2.00 e. The number of carboxylic acids is 1. The fraction of sp³-hybridized carbons (Fsp3) is 0.400. The first kappa shape index (κ1) is 34.3. The molecule has 4 aliphatic rings. The summed E-state index contributed by atoms with van der Waals surface area (Å²) in [5.41, 5.74) is 2.39. The molecule has 1 fully saturated rings. The van der Waals surface area contributed by atoms with Crippen molar-refractivity contribution in [1.82, 2.24) is 9.97 Å². The third kappa shape index (κ3) is 5.26. The number of aliphatic hydroxyl groups excluding tert-OH is 1. The van der Waals surface area contributed by atoms with Gasteiger partial charge in [0.15, 0.2) is 5.78 Å². The smallest absolute Gasteiger partial charge is 0.682 e. The van der Waals surface area contributed by atoms with Crippen LogP contribution in [0.25, 0.3) is 34.6 Å². The number of ether oxygens (including phenoxy) is 1. The number of esters is 1. The molecule has 47 heavy (non-hydrogen) atoms. The van der Waals surface area contributed by atoms with Crippen molar-refractivity contribution in [1.29, 1.82) is 0 Å². The van der Waals surface area contributed by atoms with Gasteiger partial charge in [0.2, 0.25) is 0 Å². The van der Waals surface area contributed by atoms with E-state index >= 15 is 0 Å². The fourth-order valence-corrected chi connectivity index (χ4v) is 7.47. The number of carbonyl (C=O) groups is 3. The van der Waals surface area contributed by atoms with Crippen molar-refractivity contribution in [2.24, 2.45) is 23.7 Å². The molecule has 11 nitrogen and oxygen atoms in total. The van der Waals surface area contributed by atoms with E-state index in [0.717, 1.165) is 11.8 Å². The molecule has 0 saturated carbocycles. The minimum Gasteiger partial charge on any atom is -0.682 e. The van der Waals surface area contributed by atoms with Crippen molar-refractivity contribution >= 4 is 64.8 Å². The van der Waals surface area contributed by atoms with E-state index in [4.69, 9.17) is 25.3 Å². The number of hydrogen-bond donors (Lipinski definition) is 3. The maximum atomic E-state index is 14.0. The molecule has 2 unspecified atom stereocenters. The summed E-state index contributed by atoms with van der Waals surface area (Å²) < 4.78 is 5.10. The first-order valence-corrected chi connectivity index (χ1v) is 15.4. The molecule has 1 saturated heterocycles. The van der Waals surface area contributed by atoms with Crippen LogP contribution in [0.4, 0.5) is 0 Å². The number of Topliss-reactive ketones (excluding diaryl/α,β-unsaturated/α-hetero) is 1. The van der Waals surface area contributed by atoms with E-state index in [1.807, 2.05) is 20.8 Å². The molecule has 0 aromatic carbocycles. The van der Waals surface area contributed by atoms with E-state index in [2.05, 4.69) is 6.58 Å². The number of nitrogens with zero attached hydrogens (tertiary/aromatic N) is 4. The second kappa shape index (κ2) is 12.5. The van der Waals surface area contributed by atoms with Crippen molar-refractivity contribution in [3.8, 4) is 0 Å². The maximum absolute atomic E-state index is 14.0. The number of aliphatic hydroxyl groups is 2. The number of ketones is 1. The first-order chi connectivity index (χ1) is 21.9. The van der Waals surface area contributed by atoms with Gasteiger partial charge in [-0.15, -0.1) is 27.4 Å². The van der Waals surface area contributed by atoms with Gasteiger partial charge in [-0.3, -0.25) is 14.4 Å². The van der Waals surface area contributed by atoms with Gasteiger partial charge in [-0.1, -0.05) is 80.0 Å². The van der Waals surface area contributed by atoms with E-state index < -0.39 is 47.2 Å². The second-order valence-corrected chi connectivity index (χ2v) is 12.4. The van der Waals surface area contributed by atoms with Crippen LogP contribution < -0.4 is 31.2 Å². The van der Waals surface area contributed by atoms with Gasteiger partial charge < -0.3 is 40.7 Å². The van der Waals surface area contributed by atoms with E-state index in [-0.39, 0.29) is 41.8 Å². The predicted octanol–water partition coefficient (Wildman–Crippen LogP) is 1.06. The summed E-state index contributed by atoms with van der Waals surface area (Å²) in [5, 5.41) is 43.4. The molecule has 1 aliphatic carbocycles. The molecule has 2 aromatic rings. The standard InChI is InChI=1S/C35H36N4O7.Mg/c1-7-18-17(5)35(45)13-26-15(3)20(9-10-27(41)42)31(38-26)29-30(34(44)46-6)33(43)28-16(4)22(37-32(28)29)11-23-19(8-2)21(14-40)24(36-23)12-25(18)39-35;/h7,11-15,17,20,30-31,45H,1,8-10H2,2-6H3,(H,40,43)(H,41,42);/q-4;+2/b24-12-,26-13-;/t15-,17?,20-,30+,31?,35+;/m0./s1. The summed E-state index contributed by atoms with van der Waals surface area (Å²) in [6.07, 6.45) is 8.28. The molecular weight excluding hydrogens is 613 g/mol. The summed E-state index contributed by atoms with van der Waals surface area (Å²) in [4.78, 5) is 48.7. The molecule has 3 N–H and O–H groups in total. The quantitative estimate of drug-likeness (QED) is 0.235. The summed E-state index contributed by atoms with van der Waals surface area (Å²) in [6.45, 7) is 11.4. The Balaban J connectivity index is 0.00000433. The van der Waals surface area contributed by atoms with E-state index in [1.165, 1.54) is 7.11 Å². The third-order valence-corrected chi connectivity index (χ3v) is 10.0. The molecule has 0 spiro atoms. The van der Waals surface area contributed by atoms with Gasteiger partial charge in [0.1, 0.15) is 5.92 Å². The molecule has 2 aromatic heterocycles. The van der Waals surface area contributed by atoms with E-state index in [9.17, 15) is 29.7 Å². The molecule has 0 radical (unpaired) electrons. The van der Waals surface area contributed by atoms with E-state index in [1.54, 1.807) is 31.2 Å². The molecule has 12 heteroatoms. The summed E-state index contributed by atoms with van der Waals surface area (Å²) in [6, 6.07) is -0.784. The SMILES string of the molecule is C=CC1=C2/C=c3\[n-]c(c(CC)\c3=C\O)/C=c3\[n-]c4c(c3C)C(=O)[C@H](C(=O)OC)C=4C3[N-]/C(=C\[C@](O)([N-]2)C1C)[C@@H](C)[C@@H]3CCC(=O)O.[Mg+2]. The molecule has 0 amide bonds. The van der Waals surface area contributed by atoms with Gasteiger partial charge in [0.25, 0.3) is 0 Å². The Morgan fingerprint density at radius 2 is 1.89 bits per heavy atom. The number of rotatable bonds is 6. The van der Waals surface area contributed by atoms with Gasteiger partial charge >= 0.3 is 35.0 Å². The van der Waals surface area contributed by atoms with Crippen LogP contribution in [-0.2, 0) is 20.7 Å². The summed E-state index contributed by atoms with van der Waals surface area (Å²) in [7, 11) is 1.22. The Labute approximate surface area is 287 Å². The van der Waals surface area contributed by atoms with Gasteiger partial charge in [-0.25, -0.2) is 0 Å². The van der Waals surface area contributed by atoms with Crippen molar-refractivity contribution in [2.45, 2.75) is 58.7 Å². The van der Waals surface area contributed by atoms with Crippen LogP contribution in [0.3, 0.4) is 0 Å². The van der Waals surface area contributed by atoms with Crippen molar-refractivity contribution in [3.05, 3.63) is 90.0 Å². The topological polar surface area (TPSA) is 178 Å². The molecule has 6 rings (SSSR count). The predicted molar refractivity (Wildman–Crippen MR) is 176 cm³/mol. The third-order valence-electron chi connectivity index (χ3n) is 10.0. The second-order valence-electron chi connectivity index (χ2n) is 12.4. The normalized spacial score (nSPS) is 30.3. The van der Waals surface area contributed by atoms with Crippen molar-refractivity contribution in [2.75, 3.05) is 7.11 Å². The average molecular weight is 649 g/mol. The van der Waals surface area contributed by atoms with Crippen LogP contribution in [0.5, 0.6) is 0 Å². The van der Waals surface area contributed by atoms with Gasteiger partial charge in [-0.05, 0) is 42.7 Å². The number of methoxy groups -OCH3 is 1. The molecule has 3 aliphatic heterocycles. The zero-order valence-corrected chi connectivity index (χ0v) is 28.5.